The zero-order chi connectivity index (χ0) is 14.0. The highest BCUT2D eigenvalue weighted by Crippen LogP contribution is 2.31. The van der Waals surface area contributed by atoms with Crippen molar-refractivity contribution in [2.75, 3.05) is 6.61 Å². The lowest BCUT2D eigenvalue weighted by Crippen LogP contribution is -1.99. The average Bonchev–Trinajstić information content (AvgIpc) is 2.39. The van der Waals surface area contributed by atoms with E-state index in [1.54, 1.807) is 6.92 Å². The van der Waals surface area contributed by atoms with Crippen molar-refractivity contribution >= 4 is 0 Å². The highest BCUT2D eigenvalue weighted by atomic mass is 19.2. The Bertz CT molecular complexity index is 611. The van der Waals surface area contributed by atoms with Crippen LogP contribution in [0.4, 0.5) is 17.6 Å². The van der Waals surface area contributed by atoms with Gasteiger partial charge < -0.3 is 4.74 Å². The lowest BCUT2D eigenvalue weighted by Gasteiger charge is -2.10. The molecule has 2 rings (SSSR count). The van der Waals surface area contributed by atoms with Crippen LogP contribution in [0.15, 0.2) is 30.3 Å². The topological polar surface area (TPSA) is 9.23 Å². The second-order valence-electron chi connectivity index (χ2n) is 3.77. The highest BCUT2D eigenvalue weighted by molar-refractivity contribution is 5.66. The standard InChI is InChI=1S/C14H10F4O.CH4/c1-2-19-11-7-6-9(13(17)14(11)18)8-4-3-5-10(15)12(8)16;/h3-7H,2H2,1H3;1H4. The molecular formula is C15H14F4O. The van der Waals surface area contributed by atoms with Gasteiger partial charge in [-0.2, -0.15) is 4.39 Å². The maximum atomic E-state index is 13.8. The fourth-order valence-corrected chi connectivity index (χ4v) is 1.72. The Kier molecular flexibility index (Phi) is 5.13. The molecule has 0 bridgehead atoms. The van der Waals surface area contributed by atoms with Gasteiger partial charge in [0.2, 0.25) is 5.82 Å². The molecule has 0 atom stereocenters. The first kappa shape index (κ1) is 16.0. The van der Waals surface area contributed by atoms with Gasteiger partial charge in [-0.15, -0.1) is 0 Å². The van der Waals surface area contributed by atoms with Crippen LogP contribution in [0.1, 0.15) is 14.4 Å². The molecule has 2 aromatic carbocycles. The first-order valence-corrected chi connectivity index (χ1v) is 5.61. The Morgan fingerprint density at radius 2 is 1.50 bits per heavy atom. The third-order valence-corrected chi connectivity index (χ3v) is 2.59. The van der Waals surface area contributed by atoms with Gasteiger partial charge >= 0.3 is 0 Å². The molecule has 1 nitrogen and oxygen atoms in total. The van der Waals surface area contributed by atoms with Crippen LogP contribution >= 0.6 is 0 Å². The Labute approximate surface area is 114 Å². The van der Waals surface area contributed by atoms with Crippen molar-refractivity contribution in [1.29, 1.82) is 0 Å². The minimum absolute atomic E-state index is 0. The summed E-state index contributed by atoms with van der Waals surface area (Å²) in [6.45, 7) is 1.79. The van der Waals surface area contributed by atoms with Crippen LogP contribution in [0.2, 0.25) is 0 Å². The van der Waals surface area contributed by atoms with Gasteiger partial charge in [0.25, 0.3) is 0 Å². The van der Waals surface area contributed by atoms with Crippen LogP contribution in [0.25, 0.3) is 11.1 Å². The van der Waals surface area contributed by atoms with Gasteiger partial charge in [0, 0.05) is 11.1 Å². The molecule has 20 heavy (non-hydrogen) atoms. The van der Waals surface area contributed by atoms with Crippen LogP contribution in [0.3, 0.4) is 0 Å². The third-order valence-electron chi connectivity index (χ3n) is 2.59. The third kappa shape index (κ3) is 2.76. The van der Waals surface area contributed by atoms with Crippen LogP contribution < -0.4 is 4.74 Å². The summed E-state index contributed by atoms with van der Waals surface area (Å²) in [5.41, 5.74) is -0.683. The molecule has 0 N–H and O–H groups in total. The fourth-order valence-electron chi connectivity index (χ4n) is 1.72. The SMILES string of the molecule is C.CCOc1ccc(-c2cccc(F)c2F)c(F)c1F. The van der Waals surface area contributed by atoms with E-state index in [1.165, 1.54) is 18.2 Å². The zero-order valence-electron chi connectivity index (χ0n) is 10.0. The van der Waals surface area contributed by atoms with Crippen LogP contribution in [0, 0.1) is 23.3 Å². The summed E-state index contributed by atoms with van der Waals surface area (Å²) in [4.78, 5) is 0. The van der Waals surface area contributed by atoms with Crippen molar-refractivity contribution in [1.82, 2.24) is 0 Å². The van der Waals surface area contributed by atoms with Crippen LogP contribution in [0.5, 0.6) is 5.75 Å². The summed E-state index contributed by atoms with van der Waals surface area (Å²) in [6.07, 6.45) is 0. The predicted octanol–water partition coefficient (Wildman–Crippen LogP) is 4.94. The summed E-state index contributed by atoms with van der Waals surface area (Å²) >= 11 is 0. The van der Waals surface area contributed by atoms with Gasteiger partial charge in [0.15, 0.2) is 23.2 Å². The zero-order valence-corrected chi connectivity index (χ0v) is 10.0. The number of ether oxygens (including phenoxy) is 1. The molecule has 0 aromatic heterocycles. The lowest BCUT2D eigenvalue weighted by atomic mass is 10.0. The molecule has 108 valence electrons. The molecule has 0 heterocycles. The fraction of sp³-hybridized carbons (Fsp3) is 0.200. The van der Waals surface area contributed by atoms with Crippen molar-refractivity contribution in [3.63, 3.8) is 0 Å². The second kappa shape index (κ2) is 6.41. The Morgan fingerprint density at radius 3 is 2.15 bits per heavy atom. The largest absolute Gasteiger partial charge is 0.491 e. The molecule has 0 saturated carbocycles. The Morgan fingerprint density at radius 1 is 0.850 bits per heavy atom. The van der Waals surface area contributed by atoms with Crippen molar-refractivity contribution in [2.24, 2.45) is 0 Å². The van der Waals surface area contributed by atoms with Gasteiger partial charge in [-0.25, -0.2) is 13.2 Å². The van der Waals surface area contributed by atoms with Gasteiger partial charge in [-0.05, 0) is 25.1 Å². The normalized spacial score (nSPS) is 10.1. The lowest BCUT2D eigenvalue weighted by molar-refractivity contribution is 0.314. The minimum Gasteiger partial charge on any atom is -0.491 e. The van der Waals surface area contributed by atoms with E-state index in [2.05, 4.69) is 0 Å². The molecule has 2 aromatic rings. The van der Waals surface area contributed by atoms with Gasteiger partial charge in [0.1, 0.15) is 0 Å². The predicted molar refractivity (Wildman–Crippen MR) is 69.6 cm³/mol. The monoisotopic (exact) mass is 286 g/mol. The van der Waals surface area contributed by atoms with Gasteiger partial charge in [0.05, 0.1) is 6.61 Å². The Hall–Kier alpha value is -2.04. The van der Waals surface area contributed by atoms with Crippen molar-refractivity contribution in [3.05, 3.63) is 53.6 Å². The molecule has 0 radical (unpaired) electrons. The molecule has 0 spiro atoms. The van der Waals surface area contributed by atoms with Crippen LogP contribution in [-0.2, 0) is 0 Å². The Balaban J connectivity index is 0.00000200. The molecular weight excluding hydrogens is 272 g/mol. The second-order valence-corrected chi connectivity index (χ2v) is 3.77. The summed E-state index contributed by atoms with van der Waals surface area (Å²) in [7, 11) is 0. The number of benzene rings is 2. The van der Waals surface area contributed by atoms with E-state index >= 15 is 0 Å². The molecule has 0 unspecified atom stereocenters. The van der Waals surface area contributed by atoms with E-state index in [1.807, 2.05) is 0 Å². The van der Waals surface area contributed by atoms with Gasteiger partial charge in [-0.3, -0.25) is 0 Å². The molecule has 0 aliphatic rings. The minimum atomic E-state index is -1.27. The molecule has 0 fully saturated rings. The van der Waals surface area contributed by atoms with Crippen molar-refractivity contribution in [3.8, 4) is 16.9 Å². The van der Waals surface area contributed by atoms with E-state index in [0.717, 1.165) is 12.1 Å². The average molecular weight is 286 g/mol. The number of halogens is 4. The first-order chi connectivity index (χ1) is 9.06. The van der Waals surface area contributed by atoms with E-state index in [4.69, 9.17) is 4.74 Å². The number of hydrogen-bond acceptors (Lipinski definition) is 1. The molecule has 0 aliphatic heterocycles. The summed E-state index contributed by atoms with van der Waals surface area (Å²) in [6, 6.07) is 5.64. The number of rotatable bonds is 3. The molecule has 0 aliphatic carbocycles. The quantitative estimate of drug-likeness (QED) is 0.726. The molecule has 5 heteroatoms. The van der Waals surface area contributed by atoms with E-state index < -0.39 is 23.3 Å². The maximum Gasteiger partial charge on any atom is 0.201 e. The maximum absolute atomic E-state index is 13.8. The van der Waals surface area contributed by atoms with Crippen molar-refractivity contribution < 1.29 is 22.3 Å². The van der Waals surface area contributed by atoms with E-state index in [0.29, 0.717) is 0 Å². The molecule has 0 saturated heterocycles. The first-order valence-electron chi connectivity index (χ1n) is 5.61. The summed E-state index contributed by atoms with van der Waals surface area (Å²) in [5.74, 6) is -5.09. The van der Waals surface area contributed by atoms with E-state index in [-0.39, 0.29) is 30.9 Å². The number of hydrogen-bond donors (Lipinski definition) is 0. The highest BCUT2D eigenvalue weighted by Gasteiger charge is 2.19. The van der Waals surface area contributed by atoms with Gasteiger partial charge in [-0.1, -0.05) is 19.6 Å². The summed E-state index contributed by atoms with van der Waals surface area (Å²) in [5, 5.41) is 0. The van der Waals surface area contributed by atoms with Crippen LogP contribution in [-0.4, -0.2) is 6.61 Å². The van der Waals surface area contributed by atoms with E-state index in [9.17, 15) is 17.6 Å². The molecule has 0 amide bonds. The smallest absolute Gasteiger partial charge is 0.201 e. The van der Waals surface area contributed by atoms with Crippen molar-refractivity contribution in [2.45, 2.75) is 14.4 Å². The summed E-state index contributed by atoms with van der Waals surface area (Å²) < 4.78 is 59.0.